The van der Waals surface area contributed by atoms with Crippen LogP contribution < -0.4 is 5.32 Å². The number of nitrogens with one attached hydrogen (secondary N) is 1. The van der Waals surface area contributed by atoms with Crippen molar-refractivity contribution in [2.75, 3.05) is 5.32 Å². The zero-order valence-corrected chi connectivity index (χ0v) is 22.3. The lowest BCUT2D eigenvalue weighted by molar-refractivity contribution is -0.138. The van der Waals surface area contributed by atoms with Crippen LogP contribution in [-0.2, 0) is 11.0 Å². The van der Waals surface area contributed by atoms with E-state index in [1.807, 2.05) is 24.3 Å². The van der Waals surface area contributed by atoms with Gasteiger partial charge in [-0.2, -0.15) is 13.2 Å². The highest BCUT2D eigenvalue weighted by Gasteiger charge is 2.34. The Hall–Kier alpha value is -4.27. The zero-order chi connectivity index (χ0) is 29.3. The molecular formula is C32H28F4N2O3. The Labute approximate surface area is 234 Å². The van der Waals surface area contributed by atoms with E-state index >= 15 is 0 Å². The minimum atomic E-state index is -4.84. The number of hydrogen-bond donors (Lipinski definition) is 2. The number of halogens is 4. The summed E-state index contributed by atoms with van der Waals surface area (Å²) in [5.41, 5.74) is 2.44. The number of carboxylic acid groups (broad SMARTS) is 1. The number of alkyl halides is 3. The lowest BCUT2D eigenvalue weighted by atomic mass is 9.77. The average molecular weight is 565 g/mol. The molecule has 9 heteroatoms. The molecule has 2 N–H and O–H groups in total. The number of hydrogen-bond acceptors (Lipinski definition) is 3. The summed E-state index contributed by atoms with van der Waals surface area (Å²) in [7, 11) is 0. The van der Waals surface area contributed by atoms with E-state index in [1.54, 1.807) is 13.0 Å². The smallest absolute Gasteiger partial charge is 0.418 e. The van der Waals surface area contributed by atoms with Crippen molar-refractivity contribution in [2.45, 2.75) is 51.1 Å². The summed E-state index contributed by atoms with van der Waals surface area (Å²) in [5, 5.41) is 11.8. The molecule has 3 aromatic carbocycles. The van der Waals surface area contributed by atoms with Crippen molar-refractivity contribution < 1.29 is 32.3 Å². The largest absolute Gasteiger partial charge is 0.481 e. The predicted molar refractivity (Wildman–Crippen MR) is 148 cm³/mol. The number of carboxylic acids is 1. The summed E-state index contributed by atoms with van der Waals surface area (Å²) in [6.45, 7) is 1.70. The number of aliphatic carboxylic acids is 1. The first-order chi connectivity index (χ1) is 19.5. The van der Waals surface area contributed by atoms with Crippen LogP contribution in [0.4, 0.5) is 23.2 Å². The fourth-order valence-corrected chi connectivity index (χ4v) is 5.67. The number of carbonyl (C=O) groups excluding carboxylic acids is 1. The molecule has 1 aliphatic rings. The number of aromatic nitrogens is 1. The van der Waals surface area contributed by atoms with Crippen LogP contribution in [0.3, 0.4) is 0 Å². The third-order valence-corrected chi connectivity index (χ3v) is 7.74. The molecule has 212 valence electrons. The maximum atomic E-state index is 13.5. The first-order valence-electron chi connectivity index (χ1n) is 13.4. The molecule has 1 amide bonds. The molecule has 1 saturated carbocycles. The number of pyridine rings is 1. The molecule has 41 heavy (non-hydrogen) atoms. The van der Waals surface area contributed by atoms with Gasteiger partial charge < -0.3 is 10.4 Å². The minimum absolute atomic E-state index is 0.158. The van der Waals surface area contributed by atoms with E-state index in [0.717, 1.165) is 48.9 Å². The maximum Gasteiger partial charge on any atom is 0.418 e. The molecule has 0 aliphatic heterocycles. The van der Waals surface area contributed by atoms with E-state index < -0.39 is 35.1 Å². The minimum Gasteiger partial charge on any atom is -0.481 e. The van der Waals surface area contributed by atoms with Crippen LogP contribution in [0.15, 0.2) is 66.7 Å². The Morgan fingerprint density at radius 1 is 0.927 bits per heavy atom. The van der Waals surface area contributed by atoms with Gasteiger partial charge in [-0.05, 0) is 91.5 Å². The molecule has 0 saturated heterocycles. The molecule has 0 spiro atoms. The molecule has 1 aromatic heterocycles. The molecule has 0 unspecified atom stereocenters. The molecule has 1 heterocycles. The molecule has 5 nitrogen and oxygen atoms in total. The van der Waals surface area contributed by atoms with Crippen LogP contribution in [0.1, 0.15) is 65.2 Å². The number of nitrogens with zero attached hydrogens (tertiary/aromatic N) is 1. The van der Waals surface area contributed by atoms with Gasteiger partial charge in [0.1, 0.15) is 5.82 Å². The molecule has 1 aliphatic carbocycles. The summed E-state index contributed by atoms with van der Waals surface area (Å²) in [6, 6.07) is 17.2. The van der Waals surface area contributed by atoms with E-state index in [0.29, 0.717) is 28.6 Å². The topological polar surface area (TPSA) is 79.3 Å². The van der Waals surface area contributed by atoms with Gasteiger partial charge in [0, 0.05) is 17.5 Å². The zero-order valence-electron chi connectivity index (χ0n) is 22.3. The van der Waals surface area contributed by atoms with Gasteiger partial charge in [-0.25, -0.2) is 4.39 Å². The number of benzene rings is 3. The molecule has 0 atom stereocenters. The van der Waals surface area contributed by atoms with Gasteiger partial charge >= 0.3 is 12.1 Å². The van der Waals surface area contributed by atoms with Gasteiger partial charge in [0.2, 0.25) is 0 Å². The maximum absolute atomic E-state index is 13.5. The number of carbonyl (C=O) groups is 2. The summed E-state index contributed by atoms with van der Waals surface area (Å²) in [5.74, 6) is -1.91. The lowest BCUT2D eigenvalue weighted by Gasteiger charge is -2.28. The van der Waals surface area contributed by atoms with Crippen LogP contribution >= 0.6 is 0 Å². The Balaban J connectivity index is 1.37. The van der Waals surface area contributed by atoms with E-state index in [2.05, 4.69) is 22.4 Å². The Kier molecular flexibility index (Phi) is 7.80. The average Bonchev–Trinajstić information content (AvgIpc) is 2.93. The van der Waals surface area contributed by atoms with Crippen LogP contribution in [0, 0.1) is 18.7 Å². The van der Waals surface area contributed by atoms with Crippen molar-refractivity contribution in [2.24, 2.45) is 5.92 Å². The van der Waals surface area contributed by atoms with E-state index in [-0.39, 0.29) is 17.9 Å². The monoisotopic (exact) mass is 564 g/mol. The molecule has 1 fully saturated rings. The van der Waals surface area contributed by atoms with Crippen molar-refractivity contribution in [1.29, 1.82) is 0 Å². The number of aryl methyl sites for hydroxylation is 1. The highest BCUT2D eigenvalue weighted by atomic mass is 19.4. The number of rotatable bonds is 6. The van der Waals surface area contributed by atoms with Crippen LogP contribution in [0.25, 0.3) is 22.0 Å². The van der Waals surface area contributed by atoms with Gasteiger partial charge in [0.15, 0.2) is 0 Å². The molecular weight excluding hydrogens is 536 g/mol. The fraction of sp³-hybridized carbons (Fsp3) is 0.281. The lowest BCUT2D eigenvalue weighted by Crippen LogP contribution is -2.17. The third kappa shape index (κ3) is 6.39. The van der Waals surface area contributed by atoms with E-state index in [4.69, 9.17) is 5.11 Å². The normalized spacial score (nSPS) is 17.4. The second-order valence-electron chi connectivity index (χ2n) is 10.6. The summed E-state index contributed by atoms with van der Waals surface area (Å²) in [6.07, 6.45) is -0.879. The number of anilines is 1. The Morgan fingerprint density at radius 2 is 1.61 bits per heavy atom. The molecule has 0 radical (unpaired) electrons. The molecule has 4 aromatic rings. The number of fused-ring (bicyclic) bond motifs is 1. The molecule has 0 bridgehead atoms. The van der Waals surface area contributed by atoms with Gasteiger partial charge in [0.25, 0.3) is 5.91 Å². The van der Waals surface area contributed by atoms with Crippen molar-refractivity contribution >= 4 is 28.5 Å². The van der Waals surface area contributed by atoms with Gasteiger partial charge in [0.05, 0.1) is 22.3 Å². The Morgan fingerprint density at radius 3 is 2.27 bits per heavy atom. The number of amides is 1. The highest BCUT2D eigenvalue weighted by Crippen LogP contribution is 2.38. The van der Waals surface area contributed by atoms with Crippen molar-refractivity contribution in [3.63, 3.8) is 0 Å². The van der Waals surface area contributed by atoms with Crippen LogP contribution in [0.5, 0.6) is 0 Å². The fourth-order valence-electron chi connectivity index (χ4n) is 5.67. The summed E-state index contributed by atoms with van der Waals surface area (Å²) >= 11 is 0. The van der Waals surface area contributed by atoms with Crippen molar-refractivity contribution in [3.05, 3.63) is 94.9 Å². The second kappa shape index (κ2) is 11.3. The quantitative estimate of drug-likeness (QED) is 0.231. The van der Waals surface area contributed by atoms with Gasteiger partial charge in [-0.3, -0.25) is 14.6 Å². The highest BCUT2D eigenvalue weighted by molar-refractivity contribution is 6.13. The predicted octanol–water partition coefficient (Wildman–Crippen LogP) is 8.37. The standard InChI is InChI=1S/C32H28F4N2O3/c1-18-14-26(31(41)38-28-13-11-24(33)17-27(28)32(34,35)36)25-12-10-23(16-29(25)37-18)22-8-6-21(7-9-22)20-4-2-19(3-5-20)15-30(39)40/h6-14,16-17,19-20H,2-5,15H2,1H3,(H,38,41)(H,39,40)/t19-,20-. The van der Waals surface area contributed by atoms with Crippen molar-refractivity contribution in [1.82, 2.24) is 4.98 Å². The van der Waals surface area contributed by atoms with E-state index in [1.165, 1.54) is 11.6 Å². The van der Waals surface area contributed by atoms with Gasteiger partial charge in [-0.15, -0.1) is 0 Å². The summed E-state index contributed by atoms with van der Waals surface area (Å²) < 4.78 is 53.8. The second-order valence-corrected chi connectivity index (χ2v) is 10.6. The van der Waals surface area contributed by atoms with Crippen LogP contribution in [-0.4, -0.2) is 22.0 Å². The van der Waals surface area contributed by atoms with Crippen molar-refractivity contribution in [3.8, 4) is 11.1 Å². The third-order valence-electron chi connectivity index (χ3n) is 7.74. The Bertz CT molecular complexity index is 1610. The van der Waals surface area contributed by atoms with Gasteiger partial charge in [-0.1, -0.05) is 36.4 Å². The van der Waals surface area contributed by atoms with E-state index in [9.17, 15) is 27.2 Å². The first-order valence-corrected chi connectivity index (χ1v) is 13.4. The van der Waals surface area contributed by atoms with Crippen LogP contribution in [0.2, 0.25) is 0 Å². The summed E-state index contributed by atoms with van der Waals surface area (Å²) in [4.78, 5) is 28.7. The molecule has 5 rings (SSSR count). The SMILES string of the molecule is Cc1cc(C(=O)Nc2ccc(F)cc2C(F)(F)F)c2ccc(-c3ccc([C@H]4CC[C@H](CC(=O)O)CC4)cc3)cc2n1. The first kappa shape index (κ1) is 28.3.